The Bertz CT molecular complexity index is 446. The zero-order valence-electron chi connectivity index (χ0n) is 7.56. The number of carbonyl (C=O) groups excluding carboxylic acids is 1. The molecule has 0 unspecified atom stereocenters. The molecule has 14 heavy (non-hydrogen) atoms. The molecule has 0 radical (unpaired) electrons. The van der Waals surface area contributed by atoms with Crippen LogP contribution in [0.2, 0.25) is 0 Å². The van der Waals surface area contributed by atoms with Gasteiger partial charge in [-0.25, -0.2) is 4.98 Å². The Hall–Kier alpha value is -2.04. The summed E-state index contributed by atoms with van der Waals surface area (Å²) in [5.41, 5.74) is 1.90. The van der Waals surface area contributed by atoms with Gasteiger partial charge in [-0.2, -0.15) is 5.10 Å². The van der Waals surface area contributed by atoms with Gasteiger partial charge in [-0.15, -0.1) is 5.10 Å². The van der Waals surface area contributed by atoms with Crippen molar-refractivity contribution in [3.63, 3.8) is 0 Å². The van der Waals surface area contributed by atoms with Gasteiger partial charge in [-0.3, -0.25) is 4.79 Å². The van der Waals surface area contributed by atoms with Gasteiger partial charge < -0.3 is 4.98 Å². The van der Waals surface area contributed by atoms with E-state index in [4.69, 9.17) is 0 Å². The van der Waals surface area contributed by atoms with Crippen molar-refractivity contribution in [3.05, 3.63) is 29.7 Å². The van der Waals surface area contributed by atoms with Gasteiger partial charge in [0.1, 0.15) is 5.69 Å². The van der Waals surface area contributed by atoms with E-state index in [9.17, 15) is 4.79 Å². The van der Waals surface area contributed by atoms with Crippen molar-refractivity contribution in [2.75, 3.05) is 0 Å². The fourth-order valence-corrected chi connectivity index (χ4v) is 1.05. The number of hydrogen-bond acceptors (Lipinski definition) is 4. The average Bonchev–Trinajstić information content (AvgIpc) is 2.67. The number of nitrogens with one attached hydrogen (secondary N) is 1. The second kappa shape index (κ2) is 3.37. The second-order valence-corrected chi connectivity index (χ2v) is 2.86. The predicted octanol–water partition coefficient (Wildman–Crippen LogP) is 0.988. The number of aromatic amines is 1. The molecule has 0 spiro atoms. The summed E-state index contributed by atoms with van der Waals surface area (Å²) in [7, 11) is 0. The number of H-pyrrole nitrogens is 1. The van der Waals surface area contributed by atoms with Gasteiger partial charge in [0.15, 0.2) is 12.1 Å². The average molecular weight is 188 g/mol. The first-order chi connectivity index (χ1) is 6.79. The van der Waals surface area contributed by atoms with Crippen molar-refractivity contribution in [1.82, 2.24) is 20.2 Å². The molecule has 0 bridgehead atoms. The summed E-state index contributed by atoms with van der Waals surface area (Å²) in [6, 6.07) is 3.64. The Morgan fingerprint density at radius 3 is 2.79 bits per heavy atom. The highest BCUT2D eigenvalue weighted by atomic mass is 16.1. The van der Waals surface area contributed by atoms with E-state index in [1.165, 1.54) is 6.20 Å². The van der Waals surface area contributed by atoms with Crippen molar-refractivity contribution >= 4 is 6.29 Å². The van der Waals surface area contributed by atoms with E-state index in [-0.39, 0.29) is 0 Å². The SMILES string of the molecule is Cc1ccc(-c2ncc(C=O)[nH]2)nn1. The van der Waals surface area contributed by atoms with Crippen molar-refractivity contribution in [3.8, 4) is 11.5 Å². The Balaban J connectivity index is 2.39. The van der Waals surface area contributed by atoms with Crippen LogP contribution in [-0.4, -0.2) is 26.5 Å². The highest BCUT2D eigenvalue weighted by Crippen LogP contribution is 2.10. The third-order valence-corrected chi connectivity index (χ3v) is 1.76. The molecule has 5 heteroatoms. The Kier molecular flexibility index (Phi) is 2.06. The lowest BCUT2D eigenvalue weighted by Gasteiger charge is -1.94. The molecular weight excluding hydrogens is 180 g/mol. The first-order valence-corrected chi connectivity index (χ1v) is 4.10. The number of aryl methyl sites for hydroxylation is 1. The number of aldehydes is 1. The van der Waals surface area contributed by atoms with Crippen LogP contribution in [0.25, 0.3) is 11.5 Å². The van der Waals surface area contributed by atoms with Crippen LogP contribution in [0.1, 0.15) is 16.2 Å². The predicted molar refractivity (Wildman–Crippen MR) is 49.7 cm³/mol. The Morgan fingerprint density at radius 2 is 2.21 bits per heavy atom. The molecule has 1 N–H and O–H groups in total. The van der Waals surface area contributed by atoms with Crippen LogP contribution >= 0.6 is 0 Å². The minimum atomic E-state index is 0.433. The van der Waals surface area contributed by atoms with Gasteiger partial charge in [-0.05, 0) is 19.1 Å². The molecule has 0 aliphatic rings. The quantitative estimate of drug-likeness (QED) is 0.713. The molecule has 0 saturated carbocycles. The summed E-state index contributed by atoms with van der Waals surface area (Å²) >= 11 is 0. The third-order valence-electron chi connectivity index (χ3n) is 1.76. The lowest BCUT2D eigenvalue weighted by Crippen LogP contribution is -1.91. The molecular formula is C9H8N4O. The van der Waals surface area contributed by atoms with Gasteiger partial charge in [0, 0.05) is 0 Å². The third kappa shape index (κ3) is 1.52. The fourth-order valence-electron chi connectivity index (χ4n) is 1.05. The number of imidazole rings is 1. The molecule has 0 aromatic carbocycles. The van der Waals surface area contributed by atoms with Gasteiger partial charge in [0.2, 0.25) is 0 Å². The topological polar surface area (TPSA) is 71.5 Å². The molecule has 2 aromatic rings. The molecule has 0 fully saturated rings. The lowest BCUT2D eigenvalue weighted by molar-refractivity contribution is 0.111. The standard InChI is InChI=1S/C9H8N4O/c1-6-2-3-8(13-12-6)9-10-4-7(5-14)11-9/h2-5H,1H3,(H,10,11). The number of hydrogen-bond donors (Lipinski definition) is 1. The van der Waals surface area contributed by atoms with E-state index in [2.05, 4.69) is 20.2 Å². The molecule has 0 aliphatic heterocycles. The van der Waals surface area contributed by atoms with Crippen molar-refractivity contribution in [2.24, 2.45) is 0 Å². The van der Waals surface area contributed by atoms with Crippen molar-refractivity contribution in [1.29, 1.82) is 0 Å². The smallest absolute Gasteiger partial charge is 0.167 e. The van der Waals surface area contributed by atoms with E-state index in [0.29, 0.717) is 23.5 Å². The van der Waals surface area contributed by atoms with Gasteiger partial charge in [-0.1, -0.05) is 0 Å². The van der Waals surface area contributed by atoms with Crippen LogP contribution < -0.4 is 0 Å². The molecule has 0 saturated heterocycles. The van der Waals surface area contributed by atoms with E-state index in [0.717, 1.165) is 5.69 Å². The number of carbonyl (C=O) groups is 1. The molecule has 70 valence electrons. The first-order valence-electron chi connectivity index (χ1n) is 4.10. The van der Waals surface area contributed by atoms with Gasteiger partial charge in [0.05, 0.1) is 17.6 Å². The molecule has 2 aromatic heterocycles. The van der Waals surface area contributed by atoms with Crippen LogP contribution in [0, 0.1) is 6.92 Å². The van der Waals surface area contributed by atoms with E-state index in [1.807, 2.05) is 13.0 Å². The van der Waals surface area contributed by atoms with Crippen LogP contribution in [0.4, 0.5) is 0 Å². The maximum absolute atomic E-state index is 10.4. The minimum Gasteiger partial charge on any atom is -0.334 e. The molecule has 0 amide bonds. The summed E-state index contributed by atoms with van der Waals surface area (Å²) < 4.78 is 0. The maximum Gasteiger partial charge on any atom is 0.167 e. The van der Waals surface area contributed by atoms with Crippen molar-refractivity contribution < 1.29 is 4.79 Å². The Morgan fingerprint density at radius 1 is 1.36 bits per heavy atom. The molecule has 0 aliphatic carbocycles. The normalized spacial score (nSPS) is 10.1. The summed E-state index contributed by atoms with van der Waals surface area (Å²) in [6.45, 7) is 1.86. The van der Waals surface area contributed by atoms with Gasteiger partial charge in [0.25, 0.3) is 0 Å². The second-order valence-electron chi connectivity index (χ2n) is 2.86. The van der Waals surface area contributed by atoms with E-state index >= 15 is 0 Å². The highest BCUT2D eigenvalue weighted by Gasteiger charge is 2.03. The number of nitrogens with zero attached hydrogens (tertiary/aromatic N) is 3. The van der Waals surface area contributed by atoms with Crippen LogP contribution in [-0.2, 0) is 0 Å². The first kappa shape index (κ1) is 8.55. The minimum absolute atomic E-state index is 0.433. The molecule has 2 rings (SSSR count). The Labute approximate surface area is 80.2 Å². The maximum atomic E-state index is 10.4. The van der Waals surface area contributed by atoms with E-state index in [1.54, 1.807) is 6.07 Å². The molecule has 5 nitrogen and oxygen atoms in total. The van der Waals surface area contributed by atoms with E-state index < -0.39 is 0 Å². The van der Waals surface area contributed by atoms with Gasteiger partial charge >= 0.3 is 0 Å². The molecule has 0 atom stereocenters. The monoisotopic (exact) mass is 188 g/mol. The number of aromatic nitrogens is 4. The summed E-state index contributed by atoms with van der Waals surface area (Å²) in [6.07, 6.45) is 2.17. The summed E-state index contributed by atoms with van der Waals surface area (Å²) in [5.74, 6) is 0.555. The zero-order chi connectivity index (χ0) is 9.97. The van der Waals surface area contributed by atoms with Crippen LogP contribution in [0.5, 0.6) is 0 Å². The zero-order valence-corrected chi connectivity index (χ0v) is 7.56. The fraction of sp³-hybridized carbons (Fsp3) is 0.111. The largest absolute Gasteiger partial charge is 0.334 e. The summed E-state index contributed by atoms with van der Waals surface area (Å²) in [4.78, 5) is 17.2. The van der Waals surface area contributed by atoms with Crippen molar-refractivity contribution in [2.45, 2.75) is 6.92 Å². The highest BCUT2D eigenvalue weighted by molar-refractivity contribution is 5.72. The molecule has 2 heterocycles. The number of rotatable bonds is 2. The van der Waals surface area contributed by atoms with Crippen LogP contribution in [0.15, 0.2) is 18.3 Å². The van der Waals surface area contributed by atoms with Crippen LogP contribution in [0.3, 0.4) is 0 Å². The lowest BCUT2D eigenvalue weighted by atomic mass is 10.3. The summed E-state index contributed by atoms with van der Waals surface area (Å²) in [5, 5.41) is 7.83.